The summed E-state index contributed by atoms with van der Waals surface area (Å²) in [5.41, 5.74) is 4.12. The smallest absolute Gasteiger partial charge is 0.257 e. The third-order valence-corrected chi connectivity index (χ3v) is 7.84. The molecule has 1 atom stereocenters. The minimum atomic E-state index is -0.840. The summed E-state index contributed by atoms with van der Waals surface area (Å²) in [7, 11) is 0. The maximum Gasteiger partial charge on any atom is 0.257 e. The lowest BCUT2D eigenvalue weighted by Crippen LogP contribution is -2.52. The van der Waals surface area contributed by atoms with Gasteiger partial charge >= 0.3 is 0 Å². The molecule has 3 aromatic rings. The highest BCUT2D eigenvalue weighted by Crippen LogP contribution is 2.55. The van der Waals surface area contributed by atoms with Crippen LogP contribution in [0.4, 0.5) is 5.69 Å². The lowest BCUT2D eigenvalue weighted by atomic mass is 10.1. The predicted molar refractivity (Wildman–Crippen MR) is 121 cm³/mol. The number of carbonyl (C=O) groups is 2. The molecule has 3 heterocycles. The largest absolute Gasteiger partial charge is 0.353 e. The molecule has 2 aliphatic heterocycles. The maximum absolute atomic E-state index is 13.2. The summed E-state index contributed by atoms with van der Waals surface area (Å²) in [5, 5.41) is 6.20. The molecule has 5 nitrogen and oxygen atoms in total. The van der Waals surface area contributed by atoms with Crippen molar-refractivity contribution in [3.63, 3.8) is 0 Å². The van der Waals surface area contributed by atoms with Crippen LogP contribution in [0.3, 0.4) is 0 Å². The van der Waals surface area contributed by atoms with Crippen LogP contribution in [-0.2, 0) is 16.0 Å². The Kier molecular flexibility index (Phi) is 4.87. The number of fused-ring (bicyclic) bond motifs is 3. The third-order valence-electron chi connectivity index (χ3n) is 5.60. The Hall–Kier alpha value is -2.64. The van der Waals surface area contributed by atoms with E-state index < -0.39 is 4.87 Å². The predicted octanol–water partition coefficient (Wildman–Crippen LogP) is 4.41. The van der Waals surface area contributed by atoms with Crippen LogP contribution in [0.25, 0.3) is 11.3 Å². The molecule has 2 amide bonds. The molecule has 7 heteroatoms. The lowest BCUT2D eigenvalue weighted by molar-refractivity contribution is -0.124. The molecule has 0 bridgehead atoms. The van der Waals surface area contributed by atoms with Crippen molar-refractivity contribution in [1.29, 1.82) is 0 Å². The summed E-state index contributed by atoms with van der Waals surface area (Å²) in [5.74, 6) is -0.0559. The minimum absolute atomic E-state index is 0.0236. The molecule has 2 aromatic carbocycles. The molecule has 0 spiro atoms. The van der Waals surface area contributed by atoms with Crippen molar-refractivity contribution in [2.75, 3.05) is 11.4 Å². The molecule has 1 aromatic heterocycles. The van der Waals surface area contributed by atoms with Crippen LogP contribution in [0.1, 0.15) is 23.4 Å². The van der Waals surface area contributed by atoms with E-state index in [1.165, 1.54) is 11.8 Å². The summed E-state index contributed by atoms with van der Waals surface area (Å²) in [4.78, 5) is 32.0. The fraction of sp³-hybridized carbons (Fsp3) is 0.261. The van der Waals surface area contributed by atoms with Crippen LogP contribution in [0.5, 0.6) is 0 Å². The van der Waals surface area contributed by atoms with Gasteiger partial charge in [0.2, 0.25) is 5.91 Å². The summed E-state index contributed by atoms with van der Waals surface area (Å²) in [6.45, 7) is 2.54. The van der Waals surface area contributed by atoms with Crippen LogP contribution < -0.4 is 10.2 Å². The van der Waals surface area contributed by atoms with E-state index in [4.69, 9.17) is 0 Å². The molecule has 30 heavy (non-hydrogen) atoms. The minimum Gasteiger partial charge on any atom is -0.353 e. The van der Waals surface area contributed by atoms with Gasteiger partial charge in [0.05, 0.1) is 16.4 Å². The number of thiazole rings is 1. The van der Waals surface area contributed by atoms with E-state index in [2.05, 4.69) is 39.9 Å². The average molecular weight is 436 g/mol. The Bertz CT molecular complexity index is 1130. The van der Waals surface area contributed by atoms with E-state index in [1.807, 2.05) is 31.2 Å². The van der Waals surface area contributed by atoms with E-state index in [1.54, 1.807) is 16.2 Å². The molecule has 1 saturated heterocycles. The molecule has 0 saturated carbocycles. The zero-order valence-electron chi connectivity index (χ0n) is 16.6. The summed E-state index contributed by atoms with van der Waals surface area (Å²) in [6.07, 6.45) is 1.69. The first-order valence-corrected chi connectivity index (χ1v) is 11.7. The number of anilines is 1. The lowest BCUT2D eigenvalue weighted by Gasteiger charge is -2.29. The highest BCUT2D eigenvalue weighted by Gasteiger charge is 2.57. The highest BCUT2D eigenvalue weighted by molar-refractivity contribution is 8.02. The van der Waals surface area contributed by atoms with E-state index in [9.17, 15) is 9.59 Å². The van der Waals surface area contributed by atoms with Gasteiger partial charge in [-0.05, 0) is 37.5 Å². The first kappa shape index (κ1) is 19.3. The number of amides is 2. The molecular formula is C23H21N3O2S2. The molecular weight excluding hydrogens is 414 g/mol. The number of nitrogens with one attached hydrogen (secondary N) is 1. The standard InChI is InChI=1S/C23H21N3O2S2/c1-15-25-18(14-29-15)17-8-6-16(7-9-17)11-13-24-22(28)23-12-10-21(27)26(23)19-4-2-3-5-20(19)30-23/h2-9,14H,10-13H2,1H3,(H,24,28). The number of benzene rings is 2. The van der Waals surface area contributed by atoms with E-state index in [0.29, 0.717) is 19.4 Å². The number of nitrogens with zero attached hydrogens (tertiary/aromatic N) is 2. The van der Waals surface area contributed by atoms with Crippen molar-refractivity contribution >= 4 is 40.6 Å². The number of hydrogen-bond acceptors (Lipinski definition) is 5. The van der Waals surface area contributed by atoms with Gasteiger partial charge in [-0.1, -0.05) is 48.2 Å². The summed E-state index contributed by atoms with van der Waals surface area (Å²) in [6, 6.07) is 16.1. The van der Waals surface area contributed by atoms with E-state index in [-0.39, 0.29) is 11.8 Å². The van der Waals surface area contributed by atoms with Crippen LogP contribution in [0.15, 0.2) is 58.8 Å². The van der Waals surface area contributed by atoms with Crippen molar-refractivity contribution < 1.29 is 9.59 Å². The summed E-state index contributed by atoms with van der Waals surface area (Å²) >= 11 is 3.15. The number of aryl methyl sites for hydroxylation is 1. The quantitative estimate of drug-likeness (QED) is 0.645. The zero-order valence-corrected chi connectivity index (χ0v) is 18.2. The summed E-state index contributed by atoms with van der Waals surface area (Å²) < 4.78 is 0. The highest BCUT2D eigenvalue weighted by atomic mass is 32.2. The number of rotatable bonds is 5. The maximum atomic E-state index is 13.2. The van der Waals surface area contributed by atoms with Crippen molar-refractivity contribution in [2.45, 2.75) is 36.0 Å². The monoisotopic (exact) mass is 435 g/mol. The molecule has 1 fully saturated rings. The molecule has 1 unspecified atom stereocenters. The number of thioether (sulfide) groups is 1. The SMILES string of the molecule is Cc1nc(-c2ccc(CCNC(=O)C34CCC(=O)N3c3ccccc3S4)cc2)cs1. The van der Waals surface area contributed by atoms with Crippen molar-refractivity contribution in [3.05, 3.63) is 64.5 Å². The topological polar surface area (TPSA) is 62.3 Å². The second-order valence-electron chi connectivity index (χ2n) is 7.54. The molecule has 152 valence electrons. The first-order valence-electron chi connectivity index (χ1n) is 9.98. The van der Waals surface area contributed by atoms with Gasteiger partial charge in [-0.25, -0.2) is 4.98 Å². The number of para-hydroxylation sites is 1. The van der Waals surface area contributed by atoms with Crippen LogP contribution in [0, 0.1) is 6.92 Å². The molecule has 0 aliphatic carbocycles. The van der Waals surface area contributed by atoms with Gasteiger partial charge in [-0.15, -0.1) is 11.3 Å². The van der Waals surface area contributed by atoms with Gasteiger partial charge in [0.25, 0.3) is 5.91 Å². The molecule has 5 rings (SSSR count). The van der Waals surface area contributed by atoms with Crippen molar-refractivity contribution in [3.8, 4) is 11.3 Å². The van der Waals surface area contributed by atoms with E-state index >= 15 is 0 Å². The van der Waals surface area contributed by atoms with Gasteiger partial charge < -0.3 is 5.32 Å². The van der Waals surface area contributed by atoms with Crippen molar-refractivity contribution in [2.24, 2.45) is 0 Å². The number of carbonyl (C=O) groups excluding carboxylic acids is 2. The second kappa shape index (κ2) is 7.56. The molecule has 2 aliphatic rings. The molecule has 0 radical (unpaired) electrons. The van der Waals surface area contributed by atoms with Gasteiger partial charge in [0.15, 0.2) is 4.87 Å². The van der Waals surface area contributed by atoms with Crippen LogP contribution in [-0.4, -0.2) is 28.2 Å². The fourth-order valence-corrected chi connectivity index (χ4v) is 6.15. The Morgan fingerprint density at radius 2 is 2.00 bits per heavy atom. The van der Waals surface area contributed by atoms with Crippen LogP contribution >= 0.6 is 23.1 Å². The van der Waals surface area contributed by atoms with Gasteiger partial charge in [-0.2, -0.15) is 0 Å². The van der Waals surface area contributed by atoms with Gasteiger partial charge in [0, 0.05) is 28.8 Å². The number of aromatic nitrogens is 1. The second-order valence-corrected chi connectivity index (χ2v) is 9.92. The van der Waals surface area contributed by atoms with E-state index in [0.717, 1.165) is 38.8 Å². The van der Waals surface area contributed by atoms with Gasteiger partial charge in [-0.3, -0.25) is 14.5 Å². The van der Waals surface area contributed by atoms with Crippen molar-refractivity contribution in [1.82, 2.24) is 10.3 Å². The van der Waals surface area contributed by atoms with Crippen LogP contribution in [0.2, 0.25) is 0 Å². The molecule has 1 N–H and O–H groups in total. The third kappa shape index (κ3) is 3.22. The average Bonchev–Trinajstić information content (AvgIpc) is 3.43. The number of hydrogen-bond donors (Lipinski definition) is 1. The Balaban J connectivity index is 1.24. The Labute approximate surface area is 183 Å². The fourth-order valence-electron chi connectivity index (χ4n) is 4.10. The van der Waals surface area contributed by atoms with Gasteiger partial charge in [0.1, 0.15) is 0 Å². The zero-order chi connectivity index (χ0) is 20.7. The Morgan fingerprint density at radius 3 is 2.77 bits per heavy atom. The first-order chi connectivity index (χ1) is 14.6. The Morgan fingerprint density at radius 1 is 1.20 bits per heavy atom. The normalized spacial score (nSPS) is 19.6.